The van der Waals surface area contributed by atoms with E-state index in [0.717, 1.165) is 10.5 Å². The molecule has 3 amide bonds. The highest BCUT2D eigenvalue weighted by Crippen LogP contribution is 2.19. The molecule has 7 nitrogen and oxygen atoms in total. The Bertz CT molecular complexity index is 910. The first kappa shape index (κ1) is 19.3. The Hall–Kier alpha value is -3.48. The Balaban J connectivity index is 1.54. The fourth-order valence-electron chi connectivity index (χ4n) is 2.91. The highest BCUT2D eigenvalue weighted by molar-refractivity contribution is 6.11. The van der Waals surface area contributed by atoms with E-state index in [9.17, 15) is 19.2 Å². The number of nitrogens with one attached hydrogen (secondary N) is 1. The normalized spacial score (nSPS) is 14.2. The number of ether oxygens (including phenoxy) is 1. The third-order valence-electron chi connectivity index (χ3n) is 4.41. The number of esters is 1. The molecule has 0 aromatic heterocycles. The number of nitrogens with zero attached hydrogens (tertiary/aromatic N) is 1. The molecule has 144 valence electrons. The molecule has 0 bridgehead atoms. The van der Waals surface area contributed by atoms with Gasteiger partial charge in [-0.25, -0.2) is 0 Å². The van der Waals surface area contributed by atoms with Crippen molar-refractivity contribution in [3.63, 3.8) is 0 Å². The number of carbonyl (C=O) groups excluding carboxylic acids is 4. The van der Waals surface area contributed by atoms with Crippen molar-refractivity contribution in [1.82, 2.24) is 10.2 Å². The smallest absolute Gasteiger partial charge is 0.326 e. The predicted molar refractivity (Wildman–Crippen MR) is 100 cm³/mol. The van der Waals surface area contributed by atoms with E-state index >= 15 is 0 Å². The van der Waals surface area contributed by atoms with Gasteiger partial charge in [0, 0.05) is 12.1 Å². The Morgan fingerprint density at radius 1 is 1.07 bits per heavy atom. The third kappa shape index (κ3) is 4.43. The SMILES string of the molecule is C[C@H](OC(=O)CN1C(=O)Cc2ccccc2C1=O)C(=O)NCc1ccccc1. The van der Waals surface area contributed by atoms with Gasteiger partial charge in [0.15, 0.2) is 6.10 Å². The number of imide groups is 1. The molecule has 1 aliphatic heterocycles. The van der Waals surface area contributed by atoms with E-state index in [4.69, 9.17) is 4.74 Å². The van der Waals surface area contributed by atoms with Crippen molar-refractivity contribution in [2.45, 2.75) is 26.0 Å². The second-order valence-corrected chi connectivity index (χ2v) is 6.45. The van der Waals surface area contributed by atoms with Gasteiger partial charge in [-0.1, -0.05) is 48.5 Å². The second-order valence-electron chi connectivity index (χ2n) is 6.45. The molecule has 2 aromatic rings. The molecule has 0 radical (unpaired) electrons. The molecule has 3 rings (SSSR count). The quantitative estimate of drug-likeness (QED) is 0.605. The summed E-state index contributed by atoms with van der Waals surface area (Å²) in [6, 6.07) is 16.1. The lowest BCUT2D eigenvalue weighted by molar-refractivity contribution is -0.156. The molecule has 1 atom stereocenters. The molecule has 2 aromatic carbocycles. The van der Waals surface area contributed by atoms with Crippen molar-refractivity contribution in [1.29, 1.82) is 0 Å². The molecular formula is C21H20N2O5. The van der Waals surface area contributed by atoms with Crippen molar-refractivity contribution in [2.24, 2.45) is 0 Å². The van der Waals surface area contributed by atoms with Crippen molar-refractivity contribution in [2.75, 3.05) is 6.54 Å². The fourth-order valence-corrected chi connectivity index (χ4v) is 2.91. The summed E-state index contributed by atoms with van der Waals surface area (Å²) in [5.41, 5.74) is 1.94. The van der Waals surface area contributed by atoms with E-state index in [-0.39, 0.29) is 6.42 Å². The van der Waals surface area contributed by atoms with E-state index in [2.05, 4.69) is 5.32 Å². The molecule has 7 heteroatoms. The Labute approximate surface area is 162 Å². The molecule has 0 unspecified atom stereocenters. The summed E-state index contributed by atoms with van der Waals surface area (Å²) in [5.74, 6) is -2.28. The molecule has 0 spiro atoms. The highest BCUT2D eigenvalue weighted by atomic mass is 16.5. The van der Waals surface area contributed by atoms with Crippen LogP contribution in [0, 0.1) is 0 Å². The van der Waals surface area contributed by atoms with E-state index in [1.54, 1.807) is 24.3 Å². The van der Waals surface area contributed by atoms with Crippen LogP contribution in [0.5, 0.6) is 0 Å². The summed E-state index contributed by atoms with van der Waals surface area (Å²) in [7, 11) is 0. The first-order valence-corrected chi connectivity index (χ1v) is 8.89. The van der Waals surface area contributed by atoms with Crippen LogP contribution < -0.4 is 5.32 Å². The summed E-state index contributed by atoms with van der Waals surface area (Å²) < 4.78 is 5.09. The zero-order valence-corrected chi connectivity index (χ0v) is 15.4. The molecule has 28 heavy (non-hydrogen) atoms. The zero-order chi connectivity index (χ0) is 20.1. The van der Waals surface area contributed by atoms with E-state index in [1.807, 2.05) is 30.3 Å². The standard InChI is InChI=1S/C21H20N2O5/c1-14(20(26)22-12-15-7-3-2-4-8-15)28-19(25)13-23-18(24)11-16-9-5-6-10-17(16)21(23)27/h2-10,14H,11-13H2,1H3,(H,22,26)/t14-/m0/s1. The van der Waals surface area contributed by atoms with Gasteiger partial charge in [0.1, 0.15) is 6.54 Å². The minimum absolute atomic E-state index is 0.0440. The Kier molecular flexibility index (Phi) is 5.84. The van der Waals surface area contributed by atoms with Gasteiger partial charge in [-0.2, -0.15) is 0 Å². The second kappa shape index (κ2) is 8.47. The van der Waals surface area contributed by atoms with Crippen molar-refractivity contribution < 1.29 is 23.9 Å². The van der Waals surface area contributed by atoms with Gasteiger partial charge in [-0.15, -0.1) is 0 Å². The van der Waals surface area contributed by atoms with Crippen molar-refractivity contribution in [3.05, 3.63) is 71.3 Å². The lowest BCUT2D eigenvalue weighted by atomic mass is 9.98. The number of amides is 3. The molecule has 1 N–H and O–H groups in total. The number of rotatable bonds is 6. The van der Waals surface area contributed by atoms with Crippen LogP contribution in [0.25, 0.3) is 0 Å². The molecule has 0 aliphatic carbocycles. The van der Waals surface area contributed by atoms with Crippen LogP contribution in [0.4, 0.5) is 0 Å². The van der Waals surface area contributed by atoms with Crippen LogP contribution >= 0.6 is 0 Å². The van der Waals surface area contributed by atoms with Gasteiger partial charge < -0.3 is 10.1 Å². The average Bonchev–Trinajstić information content (AvgIpc) is 2.70. The van der Waals surface area contributed by atoms with Crippen LogP contribution in [0.15, 0.2) is 54.6 Å². The lowest BCUT2D eigenvalue weighted by Crippen LogP contribution is -2.46. The lowest BCUT2D eigenvalue weighted by Gasteiger charge is -2.26. The number of hydrogen-bond donors (Lipinski definition) is 1. The van der Waals surface area contributed by atoms with Crippen molar-refractivity contribution in [3.8, 4) is 0 Å². The molecule has 0 saturated carbocycles. The molecule has 0 saturated heterocycles. The molecule has 1 heterocycles. The van der Waals surface area contributed by atoms with Crippen LogP contribution in [0.2, 0.25) is 0 Å². The number of fused-ring (bicyclic) bond motifs is 1. The van der Waals surface area contributed by atoms with Gasteiger partial charge in [-0.05, 0) is 24.1 Å². The van der Waals surface area contributed by atoms with Gasteiger partial charge in [0.25, 0.3) is 11.8 Å². The van der Waals surface area contributed by atoms with Gasteiger partial charge in [0.2, 0.25) is 5.91 Å². The summed E-state index contributed by atoms with van der Waals surface area (Å²) in [4.78, 5) is 49.8. The van der Waals surface area contributed by atoms with E-state index < -0.39 is 36.3 Å². The topological polar surface area (TPSA) is 92.8 Å². The fraction of sp³-hybridized carbons (Fsp3) is 0.238. The zero-order valence-electron chi connectivity index (χ0n) is 15.4. The minimum Gasteiger partial charge on any atom is -0.451 e. The average molecular weight is 380 g/mol. The number of benzene rings is 2. The van der Waals surface area contributed by atoms with Gasteiger partial charge >= 0.3 is 5.97 Å². The van der Waals surface area contributed by atoms with Crippen LogP contribution in [0.1, 0.15) is 28.4 Å². The molecular weight excluding hydrogens is 360 g/mol. The summed E-state index contributed by atoms with van der Waals surface area (Å²) in [6.07, 6.45) is -0.999. The summed E-state index contributed by atoms with van der Waals surface area (Å²) in [6.45, 7) is 1.22. The predicted octanol–water partition coefficient (Wildman–Crippen LogP) is 1.46. The van der Waals surface area contributed by atoms with E-state index in [0.29, 0.717) is 17.7 Å². The van der Waals surface area contributed by atoms with E-state index in [1.165, 1.54) is 6.92 Å². The highest BCUT2D eigenvalue weighted by Gasteiger charge is 2.33. The first-order chi connectivity index (χ1) is 13.5. The Morgan fingerprint density at radius 2 is 1.75 bits per heavy atom. The summed E-state index contributed by atoms with van der Waals surface area (Å²) >= 11 is 0. The largest absolute Gasteiger partial charge is 0.451 e. The maximum atomic E-state index is 12.5. The van der Waals surface area contributed by atoms with Gasteiger partial charge in [0.05, 0.1) is 6.42 Å². The van der Waals surface area contributed by atoms with Crippen LogP contribution in [-0.2, 0) is 32.1 Å². The maximum absolute atomic E-state index is 12.5. The minimum atomic E-state index is -1.04. The van der Waals surface area contributed by atoms with Crippen LogP contribution in [0.3, 0.4) is 0 Å². The van der Waals surface area contributed by atoms with Crippen LogP contribution in [-0.4, -0.2) is 41.2 Å². The summed E-state index contributed by atoms with van der Waals surface area (Å²) in [5, 5.41) is 2.67. The van der Waals surface area contributed by atoms with Gasteiger partial charge in [-0.3, -0.25) is 24.1 Å². The third-order valence-corrected chi connectivity index (χ3v) is 4.41. The maximum Gasteiger partial charge on any atom is 0.326 e. The molecule has 0 fully saturated rings. The molecule has 1 aliphatic rings. The number of hydrogen-bond acceptors (Lipinski definition) is 5. The van der Waals surface area contributed by atoms with Crippen molar-refractivity contribution >= 4 is 23.7 Å². The first-order valence-electron chi connectivity index (χ1n) is 8.89. The number of carbonyl (C=O) groups is 4. The monoisotopic (exact) mass is 380 g/mol. The Morgan fingerprint density at radius 3 is 2.50 bits per heavy atom.